The van der Waals surface area contributed by atoms with Crippen molar-refractivity contribution in [3.8, 4) is 0 Å². The predicted octanol–water partition coefficient (Wildman–Crippen LogP) is 2.15. The number of hydrogen-bond acceptors (Lipinski definition) is 5. The third kappa shape index (κ3) is 3.00. The van der Waals surface area contributed by atoms with Gasteiger partial charge in [-0.25, -0.2) is 15.0 Å². The molecule has 0 aliphatic carbocycles. The zero-order chi connectivity index (χ0) is 11.2. The SMILES string of the molecule is CCc1cc(NCCc2nccs2)ncn1. The third-order valence-electron chi connectivity index (χ3n) is 2.21. The van der Waals surface area contributed by atoms with Crippen molar-refractivity contribution >= 4 is 17.2 Å². The van der Waals surface area contributed by atoms with Gasteiger partial charge in [0.1, 0.15) is 12.1 Å². The number of aryl methyl sites for hydroxylation is 1. The van der Waals surface area contributed by atoms with Crippen LogP contribution in [0.25, 0.3) is 0 Å². The van der Waals surface area contributed by atoms with Gasteiger partial charge < -0.3 is 5.32 Å². The summed E-state index contributed by atoms with van der Waals surface area (Å²) in [6, 6.07) is 1.99. The summed E-state index contributed by atoms with van der Waals surface area (Å²) in [4.78, 5) is 12.5. The lowest BCUT2D eigenvalue weighted by molar-refractivity contribution is 0.960. The monoisotopic (exact) mass is 234 g/mol. The Balaban J connectivity index is 1.85. The molecule has 0 fully saturated rings. The zero-order valence-electron chi connectivity index (χ0n) is 9.18. The lowest BCUT2D eigenvalue weighted by Gasteiger charge is -2.04. The summed E-state index contributed by atoms with van der Waals surface area (Å²) in [6.45, 7) is 2.94. The first kappa shape index (κ1) is 11.0. The van der Waals surface area contributed by atoms with Crippen molar-refractivity contribution in [3.63, 3.8) is 0 Å². The fraction of sp³-hybridized carbons (Fsp3) is 0.364. The van der Waals surface area contributed by atoms with Crippen molar-refractivity contribution in [2.24, 2.45) is 0 Å². The normalized spacial score (nSPS) is 10.3. The third-order valence-corrected chi connectivity index (χ3v) is 3.05. The number of nitrogens with zero attached hydrogens (tertiary/aromatic N) is 3. The second kappa shape index (κ2) is 5.55. The van der Waals surface area contributed by atoms with Crippen LogP contribution in [-0.4, -0.2) is 21.5 Å². The van der Waals surface area contributed by atoms with Gasteiger partial charge in [-0.15, -0.1) is 11.3 Å². The minimum Gasteiger partial charge on any atom is -0.370 e. The number of nitrogens with one attached hydrogen (secondary N) is 1. The molecule has 0 aliphatic rings. The van der Waals surface area contributed by atoms with E-state index in [2.05, 4.69) is 27.2 Å². The highest BCUT2D eigenvalue weighted by molar-refractivity contribution is 7.09. The summed E-state index contributed by atoms with van der Waals surface area (Å²) < 4.78 is 0. The first-order valence-electron chi connectivity index (χ1n) is 5.31. The Kier molecular flexibility index (Phi) is 3.82. The van der Waals surface area contributed by atoms with Gasteiger partial charge in [0.05, 0.1) is 5.01 Å². The van der Waals surface area contributed by atoms with E-state index in [1.165, 1.54) is 0 Å². The molecule has 1 N–H and O–H groups in total. The number of rotatable bonds is 5. The summed E-state index contributed by atoms with van der Waals surface area (Å²) in [5.74, 6) is 0.892. The maximum atomic E-state index is 4.23. The fourth-order valence-corrected chi connectivity index (χ4v) is 1.98. The molecule has 0 bridgehead atoms. The van der Waals surface area contributed by atoms with Gasteiger partial charge in [0.15, 0.2) is 0 Å². The summed E-state index contributed by atoms with van der Waals surface area (Å²) in [7, 11) is 0. The molecule has 0 radical (unpaired) electrons. The molecule has 0 spiro atoms. The topological polar surface area (TPSA) is 50.7 Å². The minimum absolute atomic E-state index is 0.855. The second-order valence-corrected chi connectivity index (χ2v) is 4.33. The average Bonchev–Trinajstić information content (AvgIpc) is 2.82. The molecule has 16 heavy (non-hydrogen) atoms. The average molecular weight is 234 g/mol. The molecule has 0 saturated carbocycles. The van der Waals surface area contributed by atoms with E-state index in [4.69, 9.17) is 0 Å². The number of anilines is 1. The van der Waals surface area contributed by atoms with E-state index in [1.807, 2.05) is 17.6 Å². The van der Waals surface area contributed by atoms with Crippen LogP contribution in [0.1, 0.15) is 17.6 Å². The van der Waals surface area contributed by atoms with Crippen molar-refractivity contribution < 1.29 is 0 Å². The Morgan fingerprint density at radius 3 is 3.00 bits per heavy atom. The van der Waals surface area contributed by atoms with Gasteiger partial charge in [0.2, 0.25) is 0 Å². The standard InChI is InChI=1S/C11H14N4S/c1-2-9-7-10(15-8-14-9)12-4-3-11-13-5-6-16-11/h5-8H,2-4H2,1H3,(H,12,14,15). The molecule has 2 aromatic rings. The van der Waals surface area contributed by atoms with Gasteiger partial charge in [0, 0.05) is 36.3 Å². The van der Waals surface area contributed by atoms with E-state index in [1.54, 1.807) is 17.7 Å². The molecule has 0 atom stereocenters. The first-order chi connectivity index (χ1) is 7.88. The maximum absolute atomic E-state index is 4.23. The lowest BCUT2D eigenvalue weighted by atomic mass is 10.3. The van der Waals surface area contributed by atoms with Crippen molar-refractivity contribution in [1.82, 2.24) is 15.0 Å². The van der Waals surface area contributed by atoms with Crippen LogP contribution >= 0.6 is 11.3 Å². The fourth-order valence-electron chi connectivity index (χ4n) is 1.36. The molecule has 4 nitrogen and oxygen atoms in total. The van der Waals surface area contributed by atoms with Gasteiger partial charge >= 0.3 is 0 Å². The zero-order valence-corrected chi connectivity index (χ0v) is 10.00. The van der Waals surface area contributed by atoms with E-state index in [0.717, 1.165) is 35.9 Å². The van der Waals surface area contributed by atoms with Crippen molar-refractivity contribution in [2.45, 2.75) is 19.8 Å². The van der Waals surface area contributed by atoms with E-state index in [0.29, 0.717) is 0 Å². The number of thiazole rings is 1. The van der Waals surface area contributed by atoms with Gasteiger partial charge in [-0.05, 0) is 6.42 Å². The minimum atomic E-state index is 0.855. The van der Waals surface area contributed by atoms with Crippen LogP contribution in [0.2, 0.25) is 0 Å². The van der Waals surface area contributed by atoms with Gasteiger partial charge in [-0.3, -0.25) is 0 Å². The molecule has 2 heterocycles. The summed E-state index contributed by atoms with van der Waals surface area (Å²) in [6.07, 6.45) is 5.30. The Morgan fingerprint density at radius 1 is 1.31 bits per heavy atom. The van der Waals surface area contributed by atoms with Gasteiger partial charge in [-0.1, -0.05) is 6.92 Å². The smallest absolute Gasteiger partial charge is 0.129 e. The lowest BCUT2D eigenvalue weighted by Crippen LogP contribution is -2.06. The van der Waals surface area contributed by atoms with Gasteiger partial charge in [-0.2, -0.15) is 0 Å². The molecule has 5 heteroatoms. The van der Waals surface area contributed by atoms with E-state index < -0.39 is 0 Å². The van der Waals surface area contributed by atoms with E-state index >= 15 is 0 Å². The van der Waals surface area contributed by atoms with Crippen molar-refractivity contribution in [3.05, 3.63) is 34.7 Å². The summed E-state index contributed by atoms with van der Waals surface area (Å²) in [5.41, 5.74) is 1.06. The first-order valence-corrected chi connectivity index (χ1v) is 6.19. The van der Waals surface area contributed by atoms with Crippen LogP contribution < -0.4 is 5.32 Å². The van der Waals surface area contributed by atoms with Crippen LogP contribution in [-0.2, 0) is 12.8 Å². The van der Waals surface area contributed by atoms with E-state index in [-0.39, 0.29) is 0 Å². The molecule has 84 valence electrons. The number of hydrogen-bond donors (Lipinski definition) is 1. The molecular weight excluding hydrogens is 220 g/mol. The Labute approximate surface area is 98.8 Å². The Hall–Kier alpha value is -1.49. The molecule has 2 rings (SSSR count). The largest absolute Gasteiger partial charge is 0.370 e. The van der Waals surface area contributed by atoms with Crippen LogP contribution in [0.4, 0.5) is 5.82 Å². The molecule has 0 aliphatic heterocycles. The van der Waals surface area contributed by atoms with Crippen LogP contribution in [0.5, 0.6) is 0 Å². The Morgan fingerprint density at radius 2 is 2.25 bits per heavy atom. The highest BCUT2D eigenvalue weighted by Gasteiger charge is 1.98. The molecule has 0 aromatic carbocycles. The van der Waals surface area contributed by atoms with Gasteiger partial charge in [0.25, 0.3) is 0 Å². The molecule has 0 amide bonds. The molecule has 0 saturated heterocycles. The molecule has 2 aromatic heterocycles. The highest BCUT2D eigenvalue weighted by Crippen LogP contribution is 2.07. The highest BCUT2D eigenvalue weighted by atomic mass is 32.1. The van der Waals surface area contributed by atoms with Crippen LogP contribution in [0.3, 0.4) is 0 Å². The van der Waals surface area contributed by atoms with E-state index in [9.17, 15) is 0 Å². The van der Waals surface area contributed by atoms with Crippen molar-refractivity contribution in [1.29, 1.82) is 0 Å². The quantitative estimate of drug-likeness (QED) is 0.861. The second-order valence-electron chi connectivity index (χ2n) is 3.35. The number of aromatic nitrogens is 3. The van der Waals surface area contributed by atoms with Crippen LogP contribution in [0, 0.1) is 0 Å². The molecular formula is C11H14N4S. The maximum Gasteiger partial charge on any atom is 0.129 e. The summed E-state index contributed by atoms with van der Waals surface area (Å²) >= 11 is 1.68. The predicted molar refractivity (Wildman–Crippen MR) is 65.7 cm³/mol. The Bertz CT molecular complexity index is 427. The summed E-state index contributed by atoms with van der Waals surface area (Å²) in [5, 5.41) is 6.42. The molecule has 0 unspecified atom stereocenters. The van der Waals surface area contributed by atoms with Crippen LogP contribution in [0.15, 0.2) is 24.0 Å². The van der Waals surface area contributed by atoms with Crippen molar-refractivity contribution in [2.75, 3.05) is 11.9 Å².